The summed E-state index contributed by atoms with van der Waals surface area (Å²) in [5, 5.41) is 0. The van der Waals surface area contributed by atoms with Crippen LogP contribution in [0.1, 0.15) is 26.1 Å². The standard InChI is InChI=1S/C9H15N2.C2H6O4S/c1-4-6-9-10(3)7-8-11(9)5-2;1-2-6-7(3,4)5/h5,7-8H,2,4,6H2,1,3H3;2H2,1H3,(H,3,4,5)/q+1;/p-1. The molecule has 0 bridgehead atoms. The fourth-order valence-electron chi connectivity index (χ4n) is 1.37. The van der Waals surface area contributed by atoms with Crippen molar-refractivity contribution in [2.24, 2.45) is 7.05 Å². The van der Waals surface area contributed by atoms with Crippen LogP contribution in [-0.4, -0.2) is 24.1 Å². The zero-order valence-electron chi connectivity index (χ0n) is 11.0. The maximum atomic E-state index is 9.45. The summed E-state index contributed by atoms with van der Waals surface area (Å²) in [5.74, 6) is 1.31. The van der Waals surface area contributed by atoms with E-state index in [4.69, 9.17) is 0 Å². The van der Waals surface area contributed by atoms with Crippen molar-refractivity contribution in [2.45, 2.75) is 26.7 Å². The maximum Gasteiger partial charge on any atom is 0.260 e. The molecule has 6 nitrogen and oxygen atoms in total. The van der Waals surface area contributed by atoms with Crippen LogP contribution in [0.25, 0.3) is 6.20 Å². The van der Waals surface area contributed by atoms with E-state index < -0.39 is 10.4 Å². The van der Waals surface area contributed by atoms with Crippen LogP contribution in [0.15, 0.2) is 19.0 Å². The number of rotatable bonds is 5. The molecule has 0 amide bonds. The third-order valence-corrected chi connectivity index (χ3v) is 2.61. The summed E-state index contributed by atoms with van der Waals surface area (Å²) < 4.78 is 36.2. The second-order valence-electron chi connectivity index (χ2n) is 3.48. The summed E-state index contributed by atoms with van der Waals surface area (Å²) in [6, 6.07) is 0. The molecule has 7 heteroatoms. The van der Waals surface area contributed by atoms with Gasteiger partial charge in [-0.1, -0.05) is 13.5 Å². The first-order chi connectivity index (χ1) is 8.35. The molecule has 1 heterocycles. The third-order valence-electron chi connectivity index (χ3n) is 2.09. The largest absolute Gasteiger partial charge is 0.726 e. The van der Waals surface area contributed by atoms with Crippen LogP contribution in [-0.2, 0) is 28.1 Å². The first kappa shape index (κ1) is 16.8. The fraction of sp³-hybridized carbons (Fsp3) is 0.545. The second-order valence-corrected chi connectivity index (χ2v) is 4.53. The van der Waals surface area contributed by atoms with Gasteiger partial charge in [0.05, 0.1) is 19.9 Å². The summed E-state index contributed by atoms with van der Waals surface area (Å²) in [6.45, 7) is 7.25. The molecule has 0 radical (unpaired) electrons. The molecule has 104 valence electrons. The first-order valence-electron chi connectivity index (χ1n) is 5.63. The van der Waals surface area contributed by atoms with Crippen LogP contribution in [0.3, 0.4) is 0 Å². The van der Waals surface area contributed by atoms with E-state index in [2.05, 4.69) is 33.9 Å². The molecule has 0 saturated carbocycles. The van der Waals surface area contributed by atoms with E-state index in [1.807, 2.05) is 18.6 Å². The van der Waals surface area contributed by atoms with Gasteiger partial charge in [-0.2, -0.15) is 0 Å². The van der Waals surface area contributed by atoms with Crippen LogP contribution in [0.5, 0.6) is 0 Å². The number of aromatic nitrogens is 2. The molecule has 0 saturated heterocycles. The van der Waals surface area contributed by atoms with E-state index in [0.29, 0.717) is 0 Å². The van der Waals surface area contributed by atoms with Gasteiger partial charge in [0.1, 0.15) is 12.4 Å². The van der Waals surface area contributed by atoms with Crippen molar-refractivity contribution < 1.29 is 21.7 Å². The number of aryl methyl sites for hydroxylation is 1. The molecule has 0 aliphatic rings. The Bertz CT molecular complexity index is 465. The second kappa shape index (κ2) is 8.02. The monoisotopic (exact) mass is 276 g/mol. The van der Waals surface area contributed by atoms with Crippen LogP contribution in [0.4, 0.5) is 0 Å². The van der Waals surface area contributed by atoms with Crippen molar-refractivity contribution in [3.05, 3.63) is 24.8 Å². The van der Waals surface area contributed by atoms with Crippen LogP contribution in [0.2, 0.25) is 0 Å². The molecule has 0 aliphatic heterocycles. The Kier molecular flexibility index (Phi) is 7.49. The van der Waals surface area contributed by atoms with E-state index in [1.54, 1.807) is 0 Å². The Morgan fingerprint density at radius 2 is 2.17 bits per heavy atom. The van der Waals surface area contributed by atoms with Gasteiger partial charge in [-0.25, -0.2) is 17.6 Å². The molecule has 1 aromatic heterocycles. The number of nitrogens with zero attached hydrogens (tertiary/aromatic N) is 2. The van der Waals surface area contributed by atoms with Gasteiger partial charge in [0.2, 0.25) is 10.4 Å². The van der Waals surface area contributed by atoms with Gasteiger partial charge in [0.25, 0.3) is 5.82 Å². The molecule has 0 N–H and O–H groups in total. The molecule has 1 rings (SSSR count). The topological polar surface area (TPSA) is 75.2 Å². The molecule has 0 fully saturated rings. The van der Waals surface area contributed by atoms with Crippen LogP contribution >= 0.6 is 0 Å². The Morgan fingerprint density at radius 3 is 2.50 bits per heavy atom. The zero-order valence-corrected chi connectivity index (χ0v) is 11.8. The maximum absolute atomic E-state index is 9.45. The van der Waals surface area contributed by atoms with Gasteiger partial charge < -0.3 is 4.55 Å². The van der Waals surface area contributed by atoms with Gasteiger partial charge in [0, 0.05) is 6.42 Å². The highest BCUT2D eigenvalue weighted by molar-refractivity contribution is 7.80. The van der Waals surface area contributed by atoms with E-state index in [9.17, 15) is 13.0 Å². The van der Waals surface area contributed by atoms with Gasteiger partial charge in [-0.3, -0.25) is 4.18 Å². The van der Waals surface area contributed by atoms with Crippen LogP contribution < -0.4 is 4.57 Å². The van der Waals surface area contributed by atoms with Crippen molar-refractivity contribution in [2.75, 3.05) is 6.61 Å². The zero-order chi connectivity index (χ0) is 14.2. The normalized spacial score (nSPS) is 10.7. The predicted molar refractivity (Wildman–Crippen MR) is 67.3 cm³/mol. The number of hydrogen-bond donors (Lipinski definition) is 0. The molecule has 0 spiro atoms. The van der Waals surface area contributed by atoms with E-state index in [1.165, 1.54) is 19.2 Å². The van der Waals surface area contributed by atoms with Gasteiger partial charge in [-0.15, -0.1) is 0 Å². The van der Waals surface area contributed by atoms with Crippen molar-refractivity contribution in [1.82, 2.24) is 4.57 Å². The molecular formula is C11H20N2O4S. The quantitative estimate of drug-likeness (QED) is 0.454. The highest BCUT2D eigenvalue weighted by Crippen LogP contribution is 1.96. The lowest BCUT2D eigenvalue weighted by atomic mass is 10.3. The van der Waals surface area contributed by atoms with Gasteiger partial charge >= 0.3 is 0 Å². The minimum Gasteiger partial charge on any atom is -0.726 e. The fourth-order valence-corrected chi connectivity index (χ4v) is 1.65. The highest BCUT2D eigenvalue weighted by atomic mass is 32.3. The minimum atomic E-state index is -4.42. The summed E-state index contributed by atoms with van der Waals surface area (Å²) in [6.07, 6.45) is 8.19. The number of hydrogen-bond acceptors (Lipinski definition) is 4. The van der Waals surface area contributed by atoms with E-state index in [-0.39, 0.29) is 6.61 Å². The lowest BCUT2D eigenvalue weighted by Crippen LogP contribution is -2.29. The molecule has 0 aliphatic carbocycles. The van der Waals surface area contributed by atoms with Crippen molar-refractivity contribution >= 4 is 16.6 Å². The summed E-state index contributed by atoms with van der Waals surface area (Å²) in [4.78, 5) is 0. The van der Waals surface area contributed by atoms with Crippen molar-refractivity contribution in [3.63, 3.8) is 0 Å². The average molecular weight is 276 g/mol. The molecule has 0 atom stereocenters. The molecule has 1 aromatic rings. The van der Waals surface area contributed by atoms with Crippen molar-refractivity contribution in [3.8, 4) is 0 Å². The first-order valence-corrected chi connectivity index (χ1v) is 6.97. The molecule has 0 unspecified atom stereocenters. The SMILES string of the molecule is C=C[n+]1ccn(C)c1CCC.CCOS(=O)(=O)[O-]. The lowest BCUT2D eigenvalue weighted by molar-refractivity contribution is -0.576. The van der Waals surface area contributed by atoms with E-state index in [0.717, 1.165) is 6.42 Å². The van der Waals surface area contributed by atoms with Gasteiger partial charge in [-0.05, 0) is 13.3 Å². The molecular weight excluding hydrogens is 256 g/mol. The molecule has 18 heavy (non-hydrogen) atoms. The highest BCUT2D eigenvalue weighted by Gasteiger charge is 2.09. The smallest absolute Gasteiger partial charge is 0.260 e. The Morgan fingerprint density at radius 1 is 1.56 bits per heavy atom. The lowest BCUT2D eigenvalue weighted by Gasteiger charge is -2.02. The number of imidazole rings is 1. The Hall–Kier alpha value is -1.18. The summed E-state index contributed by atoms with van der Waals surface area (Å²) in [7, 11) is -2.36. The minimum absolute atomic E-state index is 0.0914. The summed E-state index contributed by atoms with van der Waals surface area (Å²) in [5.41, 5.74) is 0. The Balaban J connectivity index is 0.000000360. The third kappa shape index (κ3) is 6.53. The molecule has 0 aromatic carbocycles. The summed E-state index contributed by atoms with van der Waals surface area (Å²) >= 11 is 0. The van der Waals surface area contributed by atoms with Crippen LogP contribution in [0, 0.1) is 0 Å². The van der Waals surface area contributed by atoms with E-state index >= 15 is 0 Å². The van der Waals surface area contributed by atoms with Gasteiger partial charge in [0.15, 0.2) is 0 Å². The average Bonchev–Trinajstić information content (AvgIpc) is 2.60. The Labute approximate surface area is 108 Å². The van der Waals surface area contributed by atoms with Crippen molar-refractivity contribution in [1.29, 1.82) is 0 Å². The predicted octanol–water partition coefficient (Wildman–Crippen LogP) is 0.849.